The number of hydrogen-bond acceptors (Lipinski definition) is 2. The van der Waals surface area contributed by atoms with Crippen LogP contribution in [0.15, 0.2) is 30.6 Å². The van der Waals surface area contributed by atoms with Crippen LogP contribution in [0, 0.1) is 11.8 Å². The van der Waals surface area contributed by atoms with Gasteiger partial charge < -0.3 is 5.32 Å². The standard InChI is InChI=1S/C14H21N3/c1-11(2)12(3)8-15-9-13-10-16-17-7-5-4-6-14(13)17/h4-7,10-12,15H,8-9H2,1-3H3. The molecule has 0 bridgehead atoms. The molecule has 1 N–H and O–H groups in total. The van der Waals surface area contributed by atoms with Crippen LogP contribution in [0.4, 0.5) is 0 Å². The predicted molar refractivity (Wildman–Crippen MR) is 70.9 cm³/mol. The highest BCUT2D eigenvalue weighted by Gasteiger charge is 2.07. The normalized spacial score (nSPS) is 13.4. The molecule has 0 radical (unpaired) electrons. The summed E-state index contributed by atoms with van der Waals surface area (Å²) in [5.41, 5.74) is 2.46. The third-order valence-corrected chi connectivity index (χ3v) is 3.43. The number of fused-ring (bicyclic) bond motifs is 1. The summed E-state index contributed by atoms with van der Waals surface area (Å²) >= 11 is 0. The van der Waals surface area contributed by atoms with Crippen molar-refractivity contribution >= 4 is 5.52 Å². The van der Waals surface area contributed by atoms with Crippen LogP contribution in [-0.2, 0) is 6.54 Å². The van der Waals surface area contributed by atoms with Gasteiger partial charge in [0, 0.05) is 18.3 Å². The summed E-state index contributed by atoms with van der Waals surface area (Å²) < 4.78 is 1.92. The second kappa shape index (κ2) is 5.32. The van der Waals surface area contributed by atoms with Gasteiger partial charge in [-0.2, -0.15) is 5.10 Å². The monoisotopic (exact) mass is 231 g/mol. The lowest BCUT2D eigenvalue weighted by Crippen LogP contribution is -2.23. The molecule has 0 aliphatic heterocycles. The van der Waals surface area contributed by atoms with E-state index in [4.69, 9.17) is 0 Å². The van der Waals surface area contributed by atoms with Gasteiger partial charge in [-0.3, -0.25) is 0 Å². The van der Waals surface area contributed by atoms with Crippen molar-refractivity contribution in [2.24, 2.45) is 11.8 Å². The van der Waals surface area contributed by atoms with Crippen LogP contribution < -0.4 is 5.32 Å². The fourth-order valence-electron chi connectivity index (χ4n) is 1.79. The van der Waals surface area contributed by atoms with Crippen LogP contribution in [0.2, 0.25) is 0 Å². The maximum Gasteiger partial charge on any atom is 0.0706 e. The SMILES string of the molecule is CC(C)C(C)CNCc1cnn2ccccc12. The third-order valence-electron chi connectivity index (χ3n) is 3.43. The van der Waals surface area contributed by atoms with Gasteiger partial charge in [-0.25, -0.2) is 4.52 Å². The van der Waals surface area contributed by atoms with Crippen LogP contribution in [0.5, 0.6) is 0 Å². The van der Waals surface area contributed by atoms with Gasteiger partial charge in [-0.15, -0.1) is 0 Å². The molecular weight excluding hydrogens is 210 g/mol. The van der Waals surface area contributed by atoms with E-state index in [9.17, 15) is 0 Å². The fraction of sp³-hybridized carbons (Fsp3) is 0.500. The van der Waals surface area contributed by atoms with Gasteiger partial charge in [0.1, 0.15) is 0 Å². The molecule has 0 aliphatic carbocycles. The maximum absolute atomic E-state index is 4.33. The Morgan fingerprint density at radius 1 is 1.29 bits per heavy atom. The number of nitrogens with zero attached hydrogens (tertiary/aromatic N) is 2. The van der Waals surface area contributed by atoms with Gasteiger partial charge in [0.2, 0.25) is 0 Å². The number of rotatable bonds is 5. The molecule has 0 spiro atoms. The Morgan fingerprint density at radius 2 is 2.12 bits per heavy atom. The lowest BCUT2D eigenvalue weighted by molar-refractivity contribution is 0.393. The minimum atomic E-state index is 0.705. The molecule has 3 nitrogen and oxygen atoms in total. The van der Waals surface area contributed by atoms with Gasteiger partial charge >= 0.3 is 0 Å². The Bertz CT molecular complexity index is 473. The number of aromatic nitrogens is 2. The zero-order chi connectivity index (χ0) is 12.3. The molecule has 0 saturated carbocycles. The highest BCUT2D eigenvalue weighted by molar-refractivity contribution is 5.53. The van der Waals surface area contributed by atoms with E-state index in [-0.39, 0.29) is 0 Å². The Balaban J connectivity index is 1.95. The van der Waals surface area contributed by atoms with E-state index >= 15 is 0 Å². The summed E-state index contributed by atoms with van der Waals surface area (Å²) in [6.45, 7) is 8.77. The Hall–Kier alpha value is -1.35. The highest BCUT2D eigenvalue weighted by Crippen LogP contribution is 2.11. The third kappa shape index (κ3) is 2.86. The molecule has 3 heteroatoms. The molecule has 17 heavy (non-hydrogen) atoms. The lowest BCUT2D eigenvalue weighted by atomic mass is 9.98. The van der Waals surface area contributed by atoms with Crippen LogP contribution in [0.3, 0.4) is 0 Å². The summed E-state index contributed by atoms with van der Waals surface area (Å²) in [5, 5.41) is 7.84. The van der Waals surface area contributed by atoms with Crippen molar-refractivity contribution in [3.8, 4) is 0 Å². The van der Waals surface area contributed by atoms with Crippen LogP contribution in [-0.4, -0.2) is 16.2 Å². The molecular formula is C14H21N3. The average Bonchev–Trinajstić information content (AvgIpc) is 2.72. The molecule has 2 aromatic heterocycles. The maximum atomic E-state index is 4.33. The van der Waals surface area contributed by atoms with E-state index in [1.807, 2.05) is 23.0 Å². The zero-order valence-electron chi connectivity index (χ0n) is 10.9. The van der Waals surface area contributed by atoms with Crippen molar-refractivity contribution in [3.05, 3.63) is 36.2 Å². The molecule has 92 valence electrons. The van der Waals surface area contributed by atoms with Crippen molar-refractivity contribution in [2.75, 3.05) is 6.54 Å². The van der Waals surface area contributed by atoms with Crippen molar-refractivity contribution in [2.45, 2.75) is 27.3 Å². The van der Waals surface area contributed by atoms with E-state index in [1.165, 1.54) is 11.1 Å². The molecule has 0 aliphatic rings. The first-order valence-corrected chi connectivity index (χ1v) is 6.30. The van der Waals surface area contributed by atoms with Crippen molar-refractivity contribution in [1.29, 1.82) is 0 Å². The molecule has 2 rings (SSSR count). The van der Waals surface area contributed by atoms with E-state index in [1.54, 1.807) is 0 Å². The molecule has 2 heterocycles. The van der Waals surface area contributed by atoms with Gasteiger partial charge in [-0.1, -0.05) is 26.8 Å². The average molecular weight is 231 g/mol. The van der Waals surface area contributed by atoms with Gasteiger partial charge in [0.15, 0.2) is 0 Å². The highest BCUT2D eigenvalue weighted by atomic mass is 15.2. The summed E-state index contributed by atoms with van der Waals surface area (Å²) in [7, 11) is 0. The van der Waals surface area contributed by atoms with Gasteiger partial charge in [0.05, 0.1) is 11.7 Å². The molecule has 0 saturated heterocycles. The molecule has 0 aromatic carbocycles. The Kier molecular flexibility index (Phi) is 3.79. The minimum Gasteiger partial charge on any atom is -0.312 e. The van der Waals surface area contributed by atoms with Crippen LogP contribution >= 0.6 is 0 Å². The predicted octanol–water partition coefficient (Wildman–Crippen LogP) is 2.72. The second-order valence-corrected chi connectivity index (χ2v) is 5.05. The number of pyridine rings is 1. The van der Waals surface area contributed by atoms with E-state index in [0.29, 0.717) is 5.92 Å². The first-order valence-electron chi connectivity index (χ1n) is 6.30. The van der Waals surface area contributed by atoms with Gasteiger partial charge in [0.25, 0.3) is 0 Å². The summed E-state index contributed by atoms with van der Waals surface area (Å²) in [4.78, 5) is 0. The lowest BCUT2D eigenvalue weighted by Gasteiger charge is -2.15. The molecule has 2 aromatic rings. The molecule has 0 amide bonds. The Labute approximate surface area is 103 Å². The number of hydrogen-bond donors (Lipinski definition) is 1. The van der Waals surface area contributed by atoms with Crippen molar-refractivity contribution in [3.63, 3.8) is 0 Å². The Morgan fingerprint density at radius 3 is 2.88 bits per heavy atom. The molecule has 1 atom stereocenters. The fourth-order valence-corrected chi connectivity index (χ4v) is 1.79. The summed E-state index contributed by atoms with van der Waals surface area (Å²) in [6, 6.07) is 6.16. The quantitative estimate of drug-likeness (QED) is 0.857. The molecule has 0 fully saturated rings. The van der Waals surface area contributed by atoms with E-state index < -0.39 is 0 Å². The van der Waals surface area contributed by atoms with Gasteiger partial charge in [-0.05, 0) is 30.5 Å². The minimum absolute atomic E-state index is 0.705. The first-order chi connectivity index (χ1) is 8.18. The topological polar surface area (TPSA) is 29.3 Å². The number of nitrogens with one attached hydrogen (secondary N) is 1. The van der Waals surface area contributed by atoms with E-state index in [0.717, 1.165) is 19.0 Å². The van der Waals surface area contributed by atoms with Crippen LogP contribution in [0.1, 0.15) is 26.3 Å². The van der Waals surface area contributed by atoms with E-state index in [2.05, 4.69) is 43.3 Å². The summed E-state index contributed by atoms with van der Waals surface area (Å²) in [6.07, 6.45) is 3.93. The second-order valence-electron chi connectivity index (χ2n) is 5.05. The van der Waals surface area contributed by atoms with Crippen LogP contribution in [0.25, 0.3) is 5.52 Å². The van der Waals surface area contributed by atoms with Crippen molar-refractivity contribution in [1.82, 2.24) is 14.9 Å². The molecule has 1 unspecified atom stereocenters. The first kappa shape index (κ1) is 12.1. The zero-order valence-corrected chi connectivity index (χ0v) is 10.9. The smallest absolute Gasteiger partial charge is 0.0706 e. The van der Waals surface area contributed by atoms with Crippen molar-refractivity contribution < 1.29 is 0 Å². The largest absolute Gasteiger partial charge is 0.312 e. The summed E-state index contributed by atoms with van der Waals surface area (Å²) in [5.74, 6) is 1.43.